The molecular weight excluding hydrogens is 364 g/mol. The molecule has 1 amide bonds. The number of amides is 1. The van der Waals surface area contributed by atoms with Gasteiger partial charge in [0.15, 0.2) is 0 Å². The SMILES string of the molecule is CCOc1ccc(NC(=O)[C@H](C)n2nc(-c3cccs3)cc(N)c2=O)cc1. The summed E-state index contributed by atoms with van der Waals surface area (Å²) < 4.78 is 6.50. The summed E-state index contributed by atoms with van der Waals surface area (Å²) in [6, 6.07) is 11.5. The van der Waals surface area contributed by atoms with Crippen LogP contribution in [0.5, 0.6) is 5.75 Å². The molecule has 8 heteroatoms. The van der Waals surface area contributed by atoms with Gasteiger partial charge in [0.2, 0.25) is 5.91 Å². The molecule has 0 spiro atoms. The van der Waals surface area contributed by atoms with Crippen LogP contribution in [0.3, 0.4) is 0 Å². The Bertz CT molecular complexity index is 981. The van der Waals surface area contributed by atoms with Gasteiger partial charge in [0, 0.05) is 5.69 Å². The minimum atomic E-state index is -0.828. The zero-order valence-electron chi connectivity index (χ0n) is 15.0. The lowest BCUT2D eigenvalue weighted by Gasteiger charge is -2.16. The molecule has 3 aromatic rings. The number of aromatic nitrogens is 2. The lowest BCUT2D eigenvalue weighted by atomic mass is 10.2. The molecule has 27 heavy (non-hydrogen) atoms. The van der Waals surface area contributed by atoms with Crippen molar-refractivity contribution in [2.45, 2.75) is 19.9 Å². The second-order valence-electron chi connectivity index (χ2n) is 5.83. The van der Waals surface area contributed by atoms with Crippen molar-refractivity contribution in [2.24, 2.45) is 0 Å². The number of carbonyl (C=O) groups excluding carboxylic acids is 1. The number of carbonyl (C=O) groups is 1. The number of anilines is 2. The van der Waals surface area contributed by atoms with E-state index in [1.165, 1.54) is 17.4 Å². The summed E-state index contributed by atoms with van der Waals surface area (Å²) in [4.78, 5) is 25.9. The number of hydrogen-bond acceptors (Lipinski definition) is 6. The van der Waals surface area contributed by atoms with E-state index < -0.39 is 11.6 Å². The second-order valence-corrected chi connectivity index (χ2v) is 6.78. The Balaban J connectivity index is 1.83. The molecule has 3 N–H and O–H groups in total. The first kappa shape index (κ1) is 18.7. The van der Waals surface area contributed by atoms with Crippen molar-refractivity contribution in [1.82, 2.24) is 9.78 Å². The van der Waals surface area contributed by atoms with Gasteiger partial charge in [-0.2, -0.15) is 5.10 Å². The average molecular weight is 384 g/mol. The highest BCUT2D eigenvalue weighted by molar-refractivity contribution is 7.13. The smallest absolute Gasteiger partial charge is 0.290 e. The largest absolute Gasteiger partial charge is 0.494 e. The first-order chi connectivity index (χ1) is 13.0. The monoisotopic (exact) mass is 384 g/mol. The zero-order valence-corrected chi connectivity index (χ0v) is 15.8. The van der Waals surface area contributed by atoms with E-state index >= 15 is 0 Å². The zero-order chi connectivity index (χ0) is 19.4. The standard InChI is InChI=1S/C19H20N4O3S/c1-3-26-14-8-6-13(7-9-14)21-18(24)12(2)23-19(25)15(20)11-16(22-23)17-5-4-10-27-17/h4-12H,3,20H2,1-2H3,(H,21,24)/t12-/m0/s1. The summed E-state index contributed by atoms with van der Waals surface area (Å²) in [5.74, 6) is 0.356. The van der Waals surface area contributed by atoms with Crippen LogP contribution >= 0.6 is 11.3 Å². The predicted molar refractivity (Wildman–Crippen MR) is 107 cm³/mol. The fourth-order valence-corrected chi connectivity index (χ4v) is 3.18. The summed E-state index contributed by atoms with van der Waals surface area (Å²) in [6.07, 6.45) is 0. The van der Waals surface area contributed by atoms with Gasteiger partial charge in [-0.15, -0.1) is 11.3 Å². The Morgan fingerprint density at radius 3 is 2.70 bits per heavy atom. The Hall–Kier alpha value is -3.13. The molecule has 0 bridgehead atoms. The van der Waals surface area contributed by atoms with E-state index in [1.807, 2.05) is 24.4 Å². The van der Waals surface area contributed by atoms with Gasteiger partial charge < -0.3 is 15.8 Å². The molecule has 0 saturated heterocycles. The lowest BCUT2D eigenvalue weighted by molar-refractivity contribution is -0.119. The minimum absolute atomic E-state index is 0.0501. The second kappa shape index (κ2) is 8.05. The van der Waals surface area contributed by atoms with Crippen molar-refractivity contribution < 1.29 is 9.53 Å². The maximum Gasteiger partial charge on any atom is 0.290 e. The maximum atomic E-state index is 12.6. The highest BCUT2D eigenvalue weighted by Gasteiger charge is 2.20. The fraction of sp³-hybridized carbons (Fsp3) is 0.211. The molecule has 1 atom stereocenters. The molecule has 0 aliphatic rings. The Kier molecular flexibility index (Phi) is 5.56. The first-order valence-electron chi connectivity index (χ1n) is 8.46. The molecule has 7 nitrogen and oxygen atoms in total. The van der Waals surface area contributed by atoms with Crippen molar-refractivity contribution in [3.05, 3.63) is 58.2 Å². The number of ether oxygens (including phenoxy) is 1. The molecule has 1 aromatic carbocycles. The van der Waals surface area contributed by atoms with Crippen LogP contribution in [0.15, 0.2) is 52.6 Å². The normalized spacial score (nSPS) is 11.8. The van der Waals surface area contributed by atoms with Crippen LogP contribution in [0.25, 0.3) is 10.6 Å². The van der Waals surface area contributed by atoms with Crippen LogP contribution in [0.1, 0.15) is 19.9 Å². The van der Waals surface area contributed by atoms with Crippen molar-refractivity contribution in [3.8, 4) is 16.3 Å². The van der Waals surface area contributed by atoms with Gasteiger partial charge >= 0.3 is 0 Å². The van der Waals surface area contributed by atoms with Crippen molar-refractivity contribution in [2.75, 3.05) is 17.7 Å². The third-order valence-corrected chi connectivity index (χ3v) is 4.81. The van der Waals surface area contributed by atoms with E-state index in [4.69, 9.17) is 10.5 Å². The molecule has 2 aromatic heterocycles. The number of rotatable bonds is 6. The van der Waals surface area contributed by atoms with Crippen molar-refractivity contribution in [1.29, 1.82) is 0 Å². The Morgan fingerprint density at radius 2 is 2.07 bits per heavy atom. The Labute approximate surface area is 160 Å². The molecule has 0 fully saturated rings. The highest BCUT2D eigenvalue weighted by atomic mass is 32.1. The van der Waals surface area contributed by atoms with E-state index in [0.29, 0.717) is 18.0 Å². The van der Waals surface area contributed by atoms with Crippen LogP contribution in [0.4, 0.5) is 11.4 Å². The summed E-state index contributed by atoms with van der Waals surface area (Å²) in [6.45, 7) is 4.08. The van der Waals surface area contributed by atoms with E-state index in [0.717, 1.165) is 15.3 Å². The van der Waals surface area contributed by atoms with Crippen LogP contribution < -0.4 is 21.3 Å². The summed E-state index contributed by atoms with van der Waals surface area (Å²) in [7, 11) is 0. The number of thiophene rings is 1. The molecule has 0 radical (unpaired) electrons. The molecule has 0 unspecified atom stereocenters. The molecule has 0 aliphatic carbocycles. The molecule has 2 heterocycles. The predicted octanol–water partition coefficient (Wildman–Crippen LogP) is 3.15. The van der Waals surface area contributed by atoms with E-state index in [2.05, 4.69) is 10.4 Å². The maximum absolute atomic E-state index is 12.6. The highest BCUT2D eigenvalue weighted by Crippen LogP contribution is 2.23. The molecule has 0 aliphatic heterocycles. The summed E-state index contributed by atoms with van der Waals surface area (Å²) in [5, 5.41) is 9.02. The quantitative estimate of drug-likeness (QED) is 0.680. The summed E-state index contributed by atoms with van der Waals surface area (Å²) >= 11 is 1.48. The average Bonchev–Trinajstić information content (AvgIpc) is 3.20. The van der Waals surface area contributed by atoms with Crippen LogP contribution in [0, 0.1) is 0 Å². The summed E-state index contributed by atoms with van der Waals surface area (Å²) in [5.41, 5.74) is 6.56. The topological polar surface area (TPSA) is 99.2 Å². The van der Waals surface area contributed by atoms with E-state index in [1.54, 1.807) is 31.2 Å². The fourth-order valence-electron chi connectivity index (χ4n) is 2.50. The van der Waals surface area contributed by atoms with Gasteiger partial charge in [0.1, 0.15) is 23.2 Å². The molecular formula is C19H20N4O3S. The number of benzene rings is 1. The number of nitrogen functional groups attached to an aromatic ring is 1. The molecule has 0 saturated carbocycles. The number of nitrogens with zero attached hydrogens (tertiary/aromatic N) is 2. The van der Waals surface area contributed by atoms with E-state index in [9.17, 15) is 9.59 Å². The van der Waals surface area contributed by atoms with Gasteiger partial charge in [-0.1, -0.05) is 6.07 Å². The van der Waals surface area contributed by atoms with Crippen LogP contribution in [0.2, 0.25) is 0 Å². The number of nitrogens with two attached hydrogens (primary N) is 1. The van der Waals surface area contributed by atoms with Gasteiger partial charge in [-0.25, -0.2) is 4.68 Å². The third kappa shape index (κ3) is 4.17. The number of hydrogen-bond donors (Lipinski definition) is 2. The number of nitrogens with one attached hydrogen (secondary N) is 1. The van der Waals surface area contributed by atoms with Gasteiger partial charge in [-0.05, 0) is 55.6 Å². The molecule has 140 valence electrons. The third-order valence-electron chi connectivity index (χ3n) is 3.92. The lowest BCUT2D eigenvalue weighted by Crippen LogP contribution is -2.34. The molecule has 3 rings (SSSR count). The van der Waals surface area contributed by atoms with Gasteiger partial charge in [0.25, 0.3) is 5.56 Å². The Morgan fingerprint density at radius 1 is 1.33 bits per heavy atom. The minimum Gasteiger partial charge on any atom is -0.494 e. The van der Waals surface area contributed by atoms with Gasteiger partial charge in [0.05, 0.1) is 11.5 Å². The first-order valence-corrected chi connectivity index (χ1v) is 9.34. The van der Waals surface area contributed by atoms with Gasteiger partial charge in [-0.3, -0.25) is 9.59 Å². The van der Waals surface area contributed by atoms with Crippen LogP contribution in [-0.2, 0) is 4.79 Å². The van der Waals surface area contributed by atoms with Crippen LogP contribution in [-0.4, -0.2) is 22.3 Å². The van der Waals surface area contributed by atoms with Crippen molar-refractivity contribution in [3.63, 3.8) is 0 Å². The van der Waals surface area contributed by atoms with E-state index in [-0.39, 0.29) is 11.6 Å². The van der Waals surface area contributed by atoms with Crippen molar-refractivity contribution >= 4 is 28.6 Å².